The average Bonchev–Trinajstić information content (AvgIpc) is 4.16. The number of allylic oxidation sites excluding steroid dienone is 2. The summed E-state index contributed by atoms with van der Waals surface area (Å²) in [5.74, 6) is -3.08. The Morgan fingerprint density at radius 3 is 2.47 bits per heavy atom. The fraction of sp³-hybridized carbons (Fsp3) is 0.385. The molecule has 0 amide bonds. The molecule has 5 aliphatic rings. The van der Waals surface area contributed by atoms with Crippen molar-refractivity contribution in [2.45, 2.75) is 92.9 Å². The van der Waals surface area contributed by atoms with E-state index >= 15 is 0 Å². The zero-order valence-corrected chi connectivity index (χ0v) is 39.3. The van der Waals surface area contributed by atoms with Gasteiger partial charge in [-0.05, 0) is 116 Å². The molecule has 10 rings (SSSR count). The van der Waals surface area contributed by atoms with Gasteiger partial charge in [-0.25, -0.2) is 4.79 Å². The van der Waals surface area contributed by atoms with Gasteiger partial charge in [-0.15, -0.1) is 0 Å². The molecule has 8 unspecified atom stereocenters. The van der Waals surface area contributed by atoms with Crippen LogP contribution in [0.25, 0.3) is 22.3 Å². The van der Waals surface area contributed by atoms with Crippen LogP contribution in [0.2, 0.25) is 0 Å². The van der Waals surface area contributed by atoms with Crippen molar-refractivity contribution in [2.24, 2.45) is 11.7 Å². The number of nitrogen functional groups attached to an aromatic ring is 1. The van der Waals surface area contributed by atoms with Crippen molar-refractivity contribution in [2.75, 3.05) is 32.1 Å². The molecule has 20 nitrogen and oxygen atoms in total. The molecule has 3 aromatic carbocycles. The summed E-state index contributed by atoms with van der Waals surface area (Å²) in [4.78, 5) is 30.5. The lowest BCUT2D eigenvalue weighted by Crippen LogP contribution is -2.79. The van der Waals surface area contributed by atoms with E-state index < -0.39 is 76.3 Å². The minimum Gasteiger partial charge on any atom is -0.508 e. The lowest BCUT2D eigenvalue weighted by molar-refractivity contribution is -0.344. The van der Waals surface area contributed by atoms with Crippen LogP contribution in [0.1, 0.15) is 62.0 Å². The summed E-state index contributed by atoms with van der Waals surface area (Å²) in [6.45, 7) is 2.82. The fourth-order valence-electron chi connectivity index (χ4n) is 11.0. The Morgan fingerprint density at radius 1 is 1.01 bits per heavy atom. The molecule has 5 aromatic rings. The number of dihydropyridines is 1. The fourth-order valence-corrected chi connectivity index (χ4v) is 11.0. The number of aliphatic carboxylic acids is 1. The van der Waals surface area contributed by atoms with Crippen LogP contribution >= 0.6 is 0 Å². The number of aromatic hydroxyl groups is 2. The topological polar surface area (TPSA) is 330 Å². The van der Waals surface area contributed by atoms with Crippen molar-refractivity contribution in [1.82, 2.24) is 20.9 Å². The third-order valence-electron chi connectivity index (χ3n) is 14.6. The minimum atomic E-state index is -2.67. The van der Waals surface area contributed by atoms with Gasteiger partial charge in [0.15, 0.2) is 28.6 Å². The minimum absolute atomic E-state index is 0.00907. The summed E-state index contributed by atoms with van der Waals surface area (Å²) in [6, 6.07) is 16.7. The molecule has 15 N–H and O–H groups in total. The first-order chi connectivity index (χ1) is 34.5. The monoisotopic (exact) mass is 990 g/mol. The molecule has 1 saturated carbocycles. The Hall–Kier alpha value is -7.04. The number of nitrogens with one attached hydrogen (secondary N) is 4. The highest BCUT2D eigenvalue weighted by molar-refractivity contribution is 5.90. The van der Waals surface area contributed by atoms with Crippen molar-refractivity contribution >= 4 is 22.8 Å². The number of aromatic amines is 1. The van der Waals surface area contributed by atoms with E-state index in [0.29, 0.717) is 90.7 Å². The molecule has 0 radical (unpaired) electrons. The van der Waals surface area contributed by atoms with Crippen molar-refractivity contribution in [3.05, 3.63) is 129 Å². The number of aromatic nitrogens is 1. The summed E-state index contributed by atoms with van der Waals surface area (Å²) in [7, 11) is 0. The maximum absolute atomic E-state index is 14.3. The molecule has 2 aromatic heterocycles. The lowest BCUT2D eigenvalue weighted by atomic mass is 9.59. The summed E-state index contributed by atoms with van der Waals surface area (Å²) in [6.07, 6.45) is 0.144. The number of H-pyrrole nitrogens is 1. The van der Waals surface area contributed by atoms with Crippen LogP contribution in [0.15, 0.2) is 111 Å². The smallest absolute Gasteiger partial charge is 0.336 e. The highest BCUT2D eigenvalue weighted by Gasteiger charge is 2.71. The predicted molar refractivity (Wildman–Crippen MR) is 261 cm³/mol. The van der Waals surface area contributed by atoms with Crippen molar-refractivity contribution in [3.63, 3.8) is 0 Å². The number of hydrogen-bond donors (Lipinski definition) is 13. The van der Waals surface area contributed by atoms with E-state index in [1.54, 1.807) is 54.6 Å². The maximum Gasteiger partial charge on any atom is 0.336 e. The highest BCUT2D eigenvalue weighted by atomic mass is 16.7. The summed E-state index contributed by atoms with van der Waals surface area (Å²) in [5, 5.41) is 91.7. The second-order valence-electron chi connectivity index (χ2n) is 19.2. The van der Waals surface area contributed by atoms with Crippen molar-refractivity contribution in [1.29, 1.82) is 0 Å². The summed E-state index contributed by atoms with van der Waals surface area (Å²) in [5.41, 5.74) is 7.80. The molecule has 3 fully saturated rings. The Morgan fingerprint density at radius 2 is 1.79 bits per heavy atom. The molecule has 20 heteroatoms. The number of aryl methyl sites for hydroxylation is 1. The normalized spacial score (nSPS) is 27.1. The van der Waals surface area contributed by atoms with Gasteiger partial charge in [0.2, 0.25) is 12.0 Å². The second-order valence-corrected chi connectivity index (χ2v) is 19.2. The number of fused-ring (bicyclic) bond motifs is 3. The zero-order valence-electron chi connectivity index (χ0n) is 39.3. The van der Waals surface area contributed by atoms with Gasteiger partial charge in [0.05, 0.1) is 5.82 Å². The van der Waals surface area contributed by atoms with Crippen molar-refractivity contribution in [3.8, 4) is 40.1 Å². The Kier molecular flexibility index (Phi) is 12.7. The Labute approximate surface area is 412 Å². The van der Waals surface area contributed by atoms with Gasteiger partial charge in [0.1, 0.15) is 64.1 Å². The SMILES string of the molecule is CCc1cc(O)cc(C2(Oc3c(OC4OC(C(=O)O)C5(O)C(C6CNCN6)C(CC6=CCNC(N)=C6)=CC4(O)C5O)cc4oc(-c5ccc(OCC(O)c6ccc(N)[nH]6)cc5)cc(=O)c4c3O)CCCC2)c1. The number of hydrogen-bond acceptors (Lipinski definition) is 18. The first kappa shape index (κ1) is 48.6. The van der Waals surface area contributed by atoms with Crippen LogP contribution < -0.4 is 47.1 Å². The van der Waals surface area contributed by atoms with E-state index in [9.17, 15) is 45.3 Å². The Bertz CT molecular complexity index is 3050. The standard InChI is InChI=1S/C52H58N6O14/c1-2-26-16-30(19-31(59)17-26)50(12-3-4-13-50)72-45-39(21-38-42(44(45)62)35(60)20-37(69-38)28-5-7-32(8-6-28)68-24-36(61)33-9-10-40(53)58-33)70-49-51(66)22-29(15-27-11-14-56-41(54)18-27)43(34-23-55-25-57-34)52(67,48(51)65)46(71-49)47(63)64/h5-11,16-22,34,36,43,46,48-49,55-59,61-62,65-67H,2-4,12-15,23-25,53-54H2,1H3,(H,63,64). The number of phenols is 2. The first-order valence-electron chi connectivity index (χ1n) is 23.9. The van der Waals surface area contributed by atoms with Crippen LogP contribution in [0.4, 0.5) is 5.82 Å². The molecule has 5 heterocycles. The molecule has 72 heavy (non-hydrogen) atoms. The molecule has 2 saturated heterocycles. The third kappa shape index (κ3) is 8.67. The number of carbonyl (C=O) groups is 1. The molecule has 0 spiro atoms. The number of carboxylic acids is 1. The van der Waals surface area contributed by atoms with E-state index in [0.717, 1.165) is 5.56 Å². The number of benzene rings is 3. The van der Waals surface area contributed by atoms with Crippen molar-refractivity contribution < 1.29 is 63.9 Å². The summed E-state index contributed by atoms with van der Waals surface area (Å²) < 4.78 is 31.7. The van der Waals surface area contributed by atoms with Gasteiger partial charge >= 0.3 is 5.97 Å². The van der Waals surface area contributed by atoms with E-state index in [-0.39, 0.29) is 47.8 Å². The van der Waals surface area contributed by atoms with E-state index in [4.69, 9.17) is 34.8 Å². The predicted octanol–water partition coefficient (Wildman–Crippen LogP) is 3.11. The first-order valence-corrected chi connectivity index (χ1v) is 23.9. The van der Waals surface area contributed by atoms with E-state index in [2.05, 4.69) is 20.9 Å². The average molecular weight is 991 g/mol. The largest absolute Gasteiger partial charge is 0.508 e. The second kappa shape index (κ2) is 18.9. The van der Waals surface area contributed by atoms with Gasteiger partial charge in [0, 0.05) is 55.1 Å². The van der Waals surface area contributed by atoms with Crippen LogP contribution in [0.5, 0.6) is 28.7 Å². The number of carboxylic acid groups (broad SMARTS) is 1. The number of anilines is 1. The maximum atomic E-state index is 14.3. The Balaban J connectivity index is 1.09. The molecule has 2 aliphatic carbocycles. The van der Waals surface area contributed by atoms with Crippen LogP contribution in [-0.4, -0.2) is 109 Å². The highest BCUT2D eigenvalue weighted by Crippen LogP contribution is 2.55. The summed E-state index contributed by atoms with van der Waals surface area (Å²) >= 11 is 0. The zero-order chi connectivity index (χ0) is 50.7. The number of rotatable bonds is 15. The molecule has 2 bridgehead atoms. The van der Waals surface area contributed by atoms with E-state index in [1.807, 2.05) is 19.1 Å². The van der Waals surface area contributed by atoms with Gasteiger partial charge in [-0.1, -0.05) is 24.6 Å². The number of ether oxygens (including phenoxy) is 4. The number of nitrogens with two attached hydrogens (primary N) is 2. The number of phenolic OH excluding ortho intramolecular Hbond substituents is 2. The van der Waals surface area contributed by atoms with Gasteiger partial charge in [0.25, 0.3) is 0 Å². The quantitative estimate of drug-likeness (QED) is 0.0670. The number of aliphatic hydroxyl groups is 4. The molecular formula is C52H58N6O14. The third-order valence-corrected chi connectivity index (χ3v) is 14.6. The van der Waals surface area contributed by atoms with Crippen LogP contribution in [0, 0.1) is 5.92 Å². The van der Waals surface area contributed by atoms with Gasteiger partial charge in [-0.2, -0.15) is 0 Å². The van der Waals surface area contributed by atoms with Crippen LogP contribution in [-0.2, 0) is 21.6 Å². The molecular weight excluding hydrogens is 933 g/mol. The number of aliphatic hydroxyl groups excluding tert-OH is 2. The van der Waals surface area contributed by atoms with E-state index in [1.165, 1.54) is 18.2 Å². The van der Waals surface area contributed by atoms with Gasteiger partial charge in [-0.3, -0.25) is 10.1 Å². The molecule has 3 aliphatic heterocycles. The lowest BCUT2D eigenvalue weighted by Gasteiger charge is -2.58. The van der Waals surface area contributed by atoms with Crippen LogP contribution in [0.3, 0.4) is 0 Å². The molecule has 380 valence electrons. The van der Waals surface area contributed by atoms with Gasteiger partial charge < -0.3 is 86.2 Å². The molecule has 8 atom stereocenters.